The molecule has 1 aliphatic rings. The first kappa shape index (κ1) is 11.5. The van der Waals surface area contributed by atoms with Gasteiger partial charge in [0.25, 0.3) is 5.91 Å². The highest BCUT2D eigenvalue weighted by Gasteiger charge is 2.35. The van der Waals surface area contributed by atoms with E-state index in [9.17, 15) is 14.0 Å². The predicted molar refractivity (Wildman–Crippen MR) is 55.9 cm³/mol. The molecule has 0 bridgehead atoms. The summed E-state index contributed by atoms with van der Waals surface area (Å²) in [6.07, 6.45) is 2.77. The van der Waals surface area contributed by atoms with Gasteiger partial charge in [0.05, 0.1) is 5.56 Å². The van der Waals surface area contributed by atoms with Crippen LogP contribution >= 0.6 is 0 Å². The zero-order chi connectivity index (χ0) is 12.4. The molecular formula is C11H11FN2O3. The van der Waals surface area contributed by atoms with Crippen molar-refractivity contribution in [1.82, 2.24) is 9.88 Å². The molecule has 0 unspecified atom stereocenters. The minimum Gasteiger partial charge on any atom is -0.480 e. The number of hydrogen-bond donors (Lipinski definition) is 1. The van der Waals surface area contributed by atoms with Gasteiger partial charge in [-0.05, 0) is 25.0 Å². The van der Waals surface area contributed by atoms with Crippen molar-refractivity contribution in [2.75, 3.05) is 6.54 Å². The van der Waals surface area contributed by atoms with Crippen LogP contribution in [0.2, 0.25) is 0 Å². The van der Waals surface area contributed by atoms with E-state index >= 15 is 0 Å². The molecule has 0 aliphatic heterocycles. The molecule has 0 spiro atoms. The van der Waals surface area contributed by atoms with Gasteiger partial charge in [-0.15, -0.1) is 0 Å². The van der Waals surface area contributed by atoms with Crippen LogP contribution in [0.25, 0.3) is 0 Å². The fraction of sp³-hybridized carbons (Fsp3) is 0.364. The predicted octanol–water partition coefficient (Wildman–Crippen LogP) is 0.910. The van der Waals surface area contributed by atoms with E-state index in [0.29, 0.717) is 0 Å². The van der Waals surface area contributed by atoms with Gasteiger partial charge >= 0.3 is 5.97 Å². The van der Waals surface area contributed by atoms with Crippen molar-refractivity contribution < 1.29 is 19.1 Å². The largest absolute Gasteiger partial charge is 0.480 e. The molecule has 0 saturated heterocycles. The zero-order valence-electron chi connectivity index (χ0n) is 8.97. The number of hydrogen-bond acceptors (Lipinski definition) is 3. The van der Waals surface area contributed by atoms with E-state index in [-0.39, 0.29) is 11.6 Å². The molecule has 1 heterocycles. The summed E-state index contributed by atoms with van der Waals surface area (Å²) in [5.41, 5.74) is -0.180. The number of pyridine rings is 1. The minimum atomic E-state index is -1.10. The summed E-state index contributed by atoms with van der Waals surface area (Å²) in [6.45, 7) is -0.405. The lowest BCUT2D eigenvalue weighted by atomic mass is 10.2. The Balaban J connectivity index is 2.22. The molecule has 1 aliphatic carbocycles. The van der Waals surface area contributed by atoms with E-state index in [2.05, 4.69) is 4.98 Å². The van der Waals surface area contributed by atoms with Gasteiger partial charge in [-0.1, -0.05) is 0 Å². The van der Waals surface area contributed by atoms with Crippen molar-refractivity contribution >= 4 is 11.9 Å². The number of amides is 1. The van der Waals surface area contributed by atoms with Gasteiger partial charge in [0.1, 0.15) is 6.54 Å². The smallest absolute Gasteiger partial charge is 0.323 e. The lowest BCUT2D eigenvalue weighted by Gasteiger charge is -2.20. The van der Waals surface area contributed by atoms with E-state index in [4.69, 9.17) is 5.11 Å². The fourth-order valence-electron chi connectivity index (χ4n) is 1.60. The second kappa shape index (κ2) is 4.48. The number of halogens is 1. The van der Waals surface area contributed by atoms with Crippen LogP contribution in [0.1, 0.15) is 23.2 Å². The number of carboxylic acids is 1. The zero-order valence-corrected chi connectivity index (χ0v) is 8.97. The Bertz CT molecular complexity index is 460. The van der Waals surface area contributed by atoms with E-state index < -0.39 is 24.4 Å². The third-order valence-corrected chi connectivity index (χ3v) is 2.54. The number of aromatic nitrogens is 1. The first-order valence-electron chi connectivity index (χ1n) is 5.23. The average Bonchev–Trinajstić information content (AvgIpc) is 3.09. The van der Waals surface area contributed by atoms with Crippen LogP contribution in [0.15, 0.2) is 18.3 Å². The van der Waals surface area contributed by atoms with Gasteiger partial charge in [-0.25, -0.2) is 4.98 Å². The molecule has 17 heavy (non-hydrogen) atoms. The number of aliphatic carboxylic acids is 1. The van der Waals surface area contributed by atoms with Gasteiger partial charge in [0.2, 0.25) is 5.95 Å². The van der Waals surface area contributed by atoms with Crippen LogP contribution < -0.4 is 0 Å². The number of carboxylic acid groups (broad SMARTS) is 1. The highest BCUT2D eigenvalue weighted by Crippen LogP contribution is 2.28. The van der Waals surface area contributed by atoms with Crippen molar-refractivity contribution in [3.63, 3.8) is 0 Å². The van der Waals surface area contributed by atoms with Crippen molar-refractivity contribution in [1.29, 1.82) is 0 Å². The SMILES string of the molecule is O=C(O)CN(C(=O)c1cccnc1F)C1CC1. The first-order chi connectivity index (χ1) is 8.09. The lowest BCUT2D eigenvalue weighted by Crippen LogP contribution is -2.38. The summed E-state index contributed by atoms with van der Waals surface area (Å²) >= 11 is 0. The molecule has 1 aromatic heterocycles. The Morgan fingerprint density at radius 2 is 2.24 bits per heavy atom. The van der Waals surface area contributed by atoms with Gasteiger partial charge in [0, 0.05) is 12.2 Å². The molecule has 1 N–H and O–H groups in total. The molecule has 1 aromatic rings. The summed E-state index contributed by atoms with van der Waals surface area (Å²) < 4.78 is 13.3. The van der Waals surface area contributed by atoms with Crippen LogP contribution in [-0.4, -0.2) is 39.5 Å². The lowest BCUT2D eigenvalue weighted by molar-refractivity contribution is -0.137. The highest BCUT2D eigenvalue weighted by atomic mass is 19.1. The summed E-state index contributed by atoms with van der Waals surface area (Å²) in [4.78, 5) is 27.2. The molecule has 1 amide bonds. The third kappa shape index (κ3) is 2.58. The molecule has 5 nitrogen and oxygen atoms in total. The third-order valence-electron chi connectivity index (χ3n) is 2.54. The maximum atomic E-state index is 13.3. The van der Waals surface area contributed by atoms with Gasteiger partial charge < -0.3 is 10.0 Å². The molecule has 0 radical (unpaired) electrons. The Morgan fingerprint density at radius 3 is 2.76 bits per heavy atom. The first-order valence-corrected chi connectivity index (χ1v) is 5.23. The maximum Gasteiger partial charge on any atom is 0.323 e. The maximum absolute atomic E-state index is 13.3. The molecule has 2 rings (SSSR count). The van der Waals surface area contributed by atoms with Crippen LogP contribution in [0.3, 0.4) is 0 Å². The molecule has 0 atom stereocenters. The van der Waals surface area contributed by atoms with Crippen molar-refractivity contribution in [3.05, 3.63) is 29.8 Å². The number of rotatable bonds is 4. The Labute approximate surface area is 96.9 Å². The highest BCUT2D eigenvalue weighted by molar-refractivity contribution is 5.96. The van der Waals surface area contributed by atoms with Gasteiger partial charge in [-0.2, -0.15) is 4.39 Å². The van der Waals surface area contributed by atoms with Crippen LogP contribution in [-0.2, 0) is 4.79 Å². The Kier molecular flexibility index (Phi) is 3.03. The van der Waals surface area contributed by atoms with Gasteiger partial charge in [0.15, 0.2) is 0 Å². The molecule has 0 aromatic carbocycles. The average molecular weight is 238 g/mol. The second-order valence-corrected chi connectivity index (χ2v) is 3.90. The summed E-state index contributed by atoms with van der Waals surface area (Å²) in [7, 11) is 0. The van der Waals surface area contributed by atoms with Gasteiger partial charge in [-0.3, -0.25) is 9.59 Å². The van der Waals surface area contributed by atoms with E-state index in [0.717, 1.165) is 12.8 Å². The Hall–Kier alpha value is -1.98. The van der Waals surface area contributed by atoms with Crippen molar-refractivity contribution in [3.8, 4) is 0 Å². The molecule has 6 heteroatoms. The monoisotopic (exact) mass is 238 g/mol. The fourth-order valence-corrected chi connectivity index (χ4v) is 1.60. The number of carbonyl (C=O) groups excluding carboxylic acids is 1. The summed E-state index contributed by atoms with van der Waals surface area (Å²) in [6, 6.07) is 2.67. The van der Waals surface area contributed by atoms with Crippen molar-refractivity contribution in [2.24, 2.45) is 0 Å². The van der Waals surface area contributed by atoms with E-state index in [1.165, 1.54) is 23.2 Å². The van der Waals surface area contributed by atoms with Crippen LogP contribution in [0, 0.1) is 5.95 Å². The number of nitrogens with zero attached hydrogens (tertiary/aromatic N) is 2. The summed E-state index contributed by atoms with van der Waals surface area (Å²) in [5, 5.41) is 8.72. The quantitative estimate of drug-likeness (QED) is 0.791. The normalized spacial score (nSPS) is 14.4. The van der Waals surface area contributed by atoms with E-state index in [1.807, 2.05) is 0 Å². The Morgan fingerprint density at radius 1 is 1.53 bits per heavy atom. The molecule has 1 saturated carbocycles. The molecule has 1 fully saturated rings. The molecular weight excluding hydrogens is 227 g/mol. The summed E-state index contributed by atoms with van der Waals surface area (Å²) in [5.74, 6) is -2.58. The number of carbonyl (C=O) groups is 2. The standard InChI is InChI=1S/C11H11FN2O3/c12-10-8(2-1-5-13-10)11(17)14(6-9(15)16)7-3-4-7/h1-2,5,7H,3-4,6H2,(H,15,16). The van der Waals surface area contributed by atoms with Crippen molar-refractivity contribution in [2.45, 2.75) is 18.9 Å². The van der Waals surface area contributed by atoms with Crippen LogP contribution in [0.5, 0.6) is 0 Å². The van der Waals surface area contributed by atoms with E-state index in [1.54, 1.807) is 0 Å². The van der Waals surface area contributed by atoms with Crippen LogP contribution in [0.4, 0.5) is 4.39 Å². The second-order valence-electron chi connectivity index (χ2n) is 3.90. The minimum absolute atomic E-state index is 0.0850. The topological polar surface area (TPSA) is 70.5 Å². The molecule has 90 valence electrons.